The fraction of sp³-hybridized carbons (Fsp3) is 0.364. The van der Waals surface area contributed by atoms with Crippen molar-refractivity contribution in [3.05, 3.63) is 29.8 Å². The van der Waals surface area contributed by atoms with Crippen LogP contribution in [0.25, 0.3) is 0 Å². The van der Waals surface area contributed by atoms with Gasteiger partial charge in [0.2, 0.25) is 0 Å². The zero-order chi connectivity index (χ0) is 9.90. The van der Waals surface area contributed by atoms with Crippen molar-refractivity contribution in [2.45, 2.75) is 25.7 Å². The molecule has 2 N–H and O–H groups in total. The van der Waals surface area contributed by atoms with Crippen LogP contribution in [0.3, 0.4) is 0 Å². The Morgan fingerprint density at radius 3 is 2.54 bits per heavy atom. The van der Waals surface area contributed by atoms with E-state index in [9.17, 15) is 0 Å². The molecule has 2 nitrogen and oxygen atoms in total. The Hall–Kier alpha value is -1.49. The number of hydrogen-bond acceptors (Lipinski definition) is 2. The van der Waals surface area contributed by atoms with E-state index >= 15 is 0 Å². The number of benzene rings is 1. The van der Waals surface area contributed by atoms with Gasteiger partial charge >= 0.3 is 0 Å². The molecule has 0 aliphatic carbocycles. The predicted molar refractivity (Wildman–Crippen MR) is 54.1 cm³/mol. The highest BCUT2D eigenvalue weighted by molar-refractivity contribution is 5.52. The average Bonchev–Trinajstić information content (AvgIpc) is 2.17. The monoisotopic (exact) mass is 174 g/mol. The van der Waals surface area contributed by atoms with Gasteiger partial charge in [0.15, 0.2) is 0 Å². The first-order valence-electron chi connectivity index (χ1n) is 4.40. The highest BCUT2D eigenvalue weighted by atomic mass is 14.6. The number of nitrogens with two attached hydrogens (primary N) is 1. The highest BCUT2D eigenvalue weighted by Gasteiger charge is 2.25. The molecule has 0 amide bonds. The van der Waals surface area contributed by atoms with Gasteiger partial charge in [-0.05, 0) is 25.0 Å². The highest BCUT2D eigenvalue weighted by Crippen LogP contribution is 2.30. The maximum Gasteiger partial charge on any atom is 0.0811 e. The number of hydrogen-bond donors (Lipinski definition) is 1. The van der Waals surface area contributed by atoms with Gasteiger partial charge in [-0.1, -0.05) is 25.1 Å². The van der Waals surface area contributed by atoms with E-state index in [1.807, 2.05) is 38.1 Å². The summed E-state index contributed by atoms with van der Waals surface area (Å²) in [5, 5.41) is 9.06. The molecule has 0 radical (unpaired) electrons. The topological polar surface area (TPSA) is 49.8 Å². The second-order valence-electron chi connectivity index (χ2n) is 3.38. The third-order valence-electron chi connectivity index (χ3n) is 2.51. The van der Waals surface area contributed by atoms with Crippen LogP contribution >= 0.6 is 0 Å². The molecule has 0 aliphatic rings. The van der Waals surface area contributed by atoms with Crippen molar-refractivity contribution in [3.8, 4) is 6.07 Å². The number of nitrogen functional groups attached to an aromatic ring is 1. The summed E-state index contributed by atoms with van der Waals surface area (Å²) in [6, 6.07) is 9.85. The Bertz CT molecular complexity index is 338. The molecule has 0 heterocycles. The number of nitrogens with zero attached hydrogens (tertiary/aromatic N) is 1. The van der Waals surface area contributed by atoms with Crippen molar-refractivity contribution in [2.24, 2.45) is 0 Å². The molecule has 2 heteroatoms. The quantitative estimate of drug-likeness (QED) is 0.700. The minimum atomic E-state index is -0.453. The van der Waals surface area contributed by atoms with Crippen LogP contribution in [0.1, 0.15) is 25.8 Å². The fourth-order valence-electron chi connectivity index (χ4n) is 1.33. The molecule has 0 aliphatic heterocycles. The summed E-state index contributed by atoms with van der Waals surface area (Å²) in [6.45, 7) is 3.91. The molecule has 1 aromatic carbocycles. The summed E-state index contributed by atoms with van der Waals surface area (Å²) < 4.78 is 0. The largest absolute Gasteiger partial charge is 0.398 e. The SMILES string of the molecule is CCC(C)(C#N)c1ccccc1N. The Balaban J connectivity index is 3.22. The van der Waals surface area contributed by atoms with Crippen molar-refractivity contribution in [1.82, 2.24) is 0 Å². The Kier molecular flexibility index (Phi) is 2.57. The van der Waals surface area contributed by atoms with Gasteiger partial charge in [0.25, 0.3) is 0 Å². The van der Waals surface area contributed by atoms with Gasteiger partial charge in [0, 0.05) is 5.69 Å². The Labute approximate surface area is 79.0 Å². The first kappa shape index (κ1) is 9.60. The minimum absolute atomic E-state index is 0.453. The summed E-state index contributed by atoms with van der Waals surface area (Å²) in [5.74, 6) is 0. The lowest BCUT2D eigenvalue weighted by Crippen LogP contribution is -2.19. The molecule has 1 atom stereocenters. The number of rotatable bonds is 2. The average molecular weight is 174 g/mol. The molecule has 0 bridgehead atoms. The summed E-state index contributed by atoms with van der Waals surface area (Å²) in [4.78, 5) is 0. The van der Waals surface area contributed by atoms with Crippen molar-refractivity contribution < 1.29 is 0 Å². The van der Waals surface area contributed by atoms with E-state index in [0.29, 0.717) is 5.69 Å². The minimum Gasteiger partial charge on any atom is -0.398 e. The van der Waals surface area contributed by atoms with E-state index in [4.69, 9.17) is 11.0 Å². The van der Waals surface area contributed by atoms with Crippen molar-refractivity contribution >= 4 is 5.69 Å². The van der Waals surface area contributed by atoms with Crippen molar-refractivity contribution in [2.75, 3.05) is 5.73 Å². The Morgan fingerprint density at radius 1 is 1.46 bits per heavy atom. The van der Waals surface area contributed by atoms with Gasteiger partial charge < -0.3 is 5.73 Å². The molecule has 68 valence electrons. The van der Waals surface area contributed by atoms with Gasteiger partial charge in [0.1, 0.15) is 0 Å². The van der Waals surface area contributed by atoms with Crippen LogP contribution in [0.4, 0.5) is 5.69 Å². The molecule has 0 spiro atoms. The van der Waals surface area contributed by atoms with Crippen LogP contribution in [0.2, 0.25) is 0 Å². The second kappa shape index (κ2) is 3.49. The normalized spacial score (nSPS) is 14.5. The third-order valence-corrected chi connectivity index (χ3v) is 2.51. The van der Waals surface area contributed by atoms with Crippen LogP contribution in [-0.4, -0.2) is 0 Å². The fourth-order valence-corrected chi connectivity index (χ4v) is 1.33. The zero-order valence-electron chi connectivity index (χ0n) is 8.04. The van der Waals surface area contributed by atoms with Crippen LogP contribution in [-0.2, 0) is 5.41 Å². The van der Waals surface area contributed by atoms with Gasteiger partial charge in [0.05, 0.1) is 11.5 Å². The summed E-state index contributed by atoms with van der Waals surface area (Å²) in [5.41, 5.74) is 6.99. The number of para-hydroxylation sites is 1. The van der Waals surface area contributed by atoms with E-state index in [1.165, 1.54) is 0 Å². The van der Waals surface area contributed by atoms with Gasteiger partial charge in [-0.25, -0.2) is 0 Å². The Morgan fingerprint density at radius 2 is 2.08 bits per heavy atom. The molecule has 0 aromatic heterocycles. The molecule has 1 unspecified atom stereocenters. The van der Waals surface area contributed by atoms with Gasteiger partial charge in [-0.3, -0.25) is 0 Å². The standard InChI is InChI=1S/C11H14N2/c1-3-11(2,8-12)9-6-4-5-7-10(9)13/h4-7H,3,13H2,1-2H3. The number of anilines is 1. The first-order chi connectivity index (χ1) is 6.14. The van der Waals surface area contributed by atoms with Crippen LogP contribution in [0, 0.1) is 11.3 Å². The molecular formula is C11H14N2. The molecule has 0 saturated heterocycles. The lowest BCUT2D eigenvalue weighted by atomic mass is 9.81. The maximum atomic E-state index is 9.06. The van der Waals surface area contributed by atoms with Gasteiger partial charge in [-0.2, -0.15) is 5.26 Å². The van der Waals surface area contributed by atoms with E-state index in [0.717, 1.165) is 12.0 Å². The first-order valence-corrected chi connectivity index (χ1v) is 4.40. The molecule has 13 heavy (non-hydrogen) atoms. The molecule has 0 saturated carbocycles. The van der Waals surface area contributed by atoms with E-state index < -0.39 is 5.41 Å². The molecule has 1 aromatic rings. The third kappa shape index (κ3) is 1.65. The van der Waals surface area contributed by atoms with Crippen molar-refractivity contribution in [3.63, 3.8) is 0 Å². The predicted octanol–water partition coefficient (Wildman–Crippen LogP) is 2.46. The van der Waals surface area contributed by atoms with Gasteiger partial charge in [-0.15, -0.1) is 0 Å². The smallest absolute Gasteiger partial charge is 0.0811 e. The van der Waals surface area contributed by atoms with E-state index in [1.54, 1.807) is 0 Å². The lowest BCUT2D eigenvalue weighted by molar-refractivity contribution is 0.589. The maximum absolute atomic E-state index is 9.06. The summed E-state index contributed by atoms with van der Waals surface area (Å²) in [7, 11) is 0. The van der Waals surface area contributed by atoms with Crippen LogP contribution < -0.4 is 5.73 Å². The van der Waals surface area contributed by atoms with Crippen molar-refractivity contribution in [1.29, 1.82) is 5.26 Å². The zero-order valence-corrected chi connectivity index (χ0v) is 8.04. The second-order valence-corrected chi connectivity index (χ2v) is 3.38. The summed E-state index contributed by atoms with van der Waals surface area (Å²) in [6.07, 6.45) is 0.776. The molecule has 0 fully saturated rings. The van der Waals surface area contributed by atoms with Crippen LogP contribution in [0.15, 0.2) is 24.3 Å². The lowest BCUT2D eigenvalue weighted by Gasteiger charge is -2.21. The molecular weight excluding hydrogens is 160 g/mol. The van der Waals surface area contributed by atoms with E-state index in [2.05, 4.69) is 6.07 Å². The molecule has 1 rings (SSSR count). The summed E-state index contributed by atoms with van der Waals surface area (Å²) >= 11 is 0. The van der Waals surface area contributed by atoms with Crippen LogP contribution in [0.5, 0.6) is 0 Å². The number of nitriles is 1. The van der Waals surface area contributed by atoms with E-state index in [-0.39, 0.29) is 0 Å².